The number of benzene rings is 1. The van der Waals surface area contributed by atoms with Gasteiger partial charge in [-0.3, -0.25) is 4.79 Å². The van der Waals surface area contributed by atoms with Gasteiger partial charge in [0.25, 0.3) is 5.91 Å². The predicted octanol–water partition coefficient (Wildman–Crippen LogP) is 2.64. The molecule has 1 aliphatic heterocycles. The van der Waals surface area contributed by atoms with Crippen LogP contribution in [0, 0.1) is 0 Å². The first-order valence-corrected chi connectivity index (χ1v) is 11.2. The Morgan fingerprint density at radius 1 is 1.18 bits per heavy atom. The summed E-state index contributed by atoms with van der Waals surface area (Å²) in [5, 5.41) is 3.01. The Labute approximate surface area is 167 Å². The van der Waals surface area contributed by atoms with Gasteiger partial charge in [-0.2, -0.15) is 0 Å². The van der Waals surface area contributed by atoms with Crippen molar-refractivity contribution in [2.45, 2.75) is 12.6 Å². The first-order chi connectivity index (χ1) is 13.4. The molecule has 0 radical (unpaired) electrons. The minimum atomic E-state index is -3.32. The third kappa shape index (κ3) is 5.64. The fourth-order valence-electron chi connectivity index (χ4n) is 2.72. The molecule has 0 saturated heterocycles. The highest BCUT2D eigenvalue weighted by molar-refractivity contribution is 7.94. The highest BCUT2D eigenvalue weighted by Gasteiger charge is 2.30. The van der Waals surface area contributed by atoms with Crippen LogP contribution in [0.4, 0.5) is 0 Å². The average Bonchev–Trinajstić information content (AvgIpc) is 3.32. The van der Waals surface area contributed by atoms with Crippen LogP contribution < -0.4 is 0 Å². The molecule has 8 heteroatoms. The molecule has 1 aliphatic rings. The third-order valence-electron chi connectivity index (χ3n) is 4.09. The Kier molecular flexibility index (Phi) is 6.43. The number of thiophene rings is 1. The zero-order chi connectivity index (χ0) is 20.0. The van der Waals surface area contributed by atoms with E-state index in [-0.39, 0.29) is 12.3 Å². The van der Waals surface area contributed by atoms with Gasteiger partial charge in [-0.15, -0.1) is 11.3 Å². The SMILES string of the molecule is O=C(/C=C/c1cccs1)OCC(=O)N(Cc1ccccc1)[C@H]1C=CS(=O)(=O)C1. The predicted molar refractivity (Wildman–Crippen MR) is 108 cm³/mol. The molecule has 2 aromatic rings. The molecule has 6 nitrogen and oxygen atoms in total. The standard InChI is InChI=1S/C20H19NO5S2/c22-19(14-26-20(23)9-8-18-7-4-11-27-18)21(13-16-5-2-1-3-6-16)17-10-12-28(24,25)15-17/h1-12,17H,13-15H2/b9-8+/t17-/m0/s1. The number of hydrogen-bond donors (Lipinski definition) is 0. The summed E-state index contributed by atoms with van der Waals surface area (Å²) >= 11 is 1.48. The van der Waals surface area contributed by atoms with Crippen LogP contribution in [0.25, 0.3) is 6.08 Å². The van der Waals surface area contributed by atoms with Gasteiger partial charge < -0.3 is 9.64 Å². The highest BCUT2D eigenvalue weighted by Crippen LogP contribution is 2.18. The van der Waals surface area contributed by atoms with E-state index in [1.807, 2.05) is 47.8 Å². The summed E-state index contributed by atoms with van der Waals surface area (Å²) in [7, 11) is -3.32. The lowest BCUT2D eigenvalue weighted by Crippen LogP contribution is -2.42. The van der Waals surface area contributed by atoms with E-state index in [0.29, 0.717) is 0 Å². The quantitative estimate of drug-likeness (QED) is 0.511. The van der Waals surface area contributed by atoms with Crippen molar-refractivity contribution in [2.24, 2.45) is 0 Å². The van der Waals surface area contributed by atoms with E-state index < -0.39 is 34.4 Å². The summed E-state index contributed by atoms with van der Waals surface area (Å²) in [5.74, 6) is -1.25. The zero-order valence-electron chi connectivity index (χ0n) is 14.9. The number of rotatable bonds is 7. The van der Waals surface area contributed by atoms with Crippen LogP contribution in [0.3, 0.4) is 0 Å². The lowest BCUT2D eigenvalue weighted by Gasteiger charge is -2.27. The van der Waals surface area contributed by atoms with Crippen molar-refractivity contribution in [3.8, 4) is 0 Å². The van der Waals surface area contributed by atoms with Crippen LogP contribution >= 0.6 is 11.3 Å². The van der Waals surface area contributed by atoms with Crippen molar-refractivity contribution in [3.63, 3.8) is 0 Å². The number of esters is 1. The topological polar surface area (TPSA) is 80.8 Å². The molecule has 146 valence electrons. The van der Waals surface area contributed by atoms with Gasteiger partial charge in [0.15, 0.2) is 16.4 Å². The Morgan fingerprint density at radius 3 is 2.61 bits per heavy atom. The maximum atomic E-state index is 12.7. The van der Waals surface area contributed by atoms with Crippen LogP contribution in [0.5, 0.6) is 0 Å². The minimum Gasteiger partial charge on any atom is -0.452 e. The second-order valence-electron chi connectivity index (χ2n) is 6.19. The third-order valence-corrected chi connectivity index (χ3v) is 6.31. The van der Waals surface area contributed by atoms with E-state index in [2.05, 4.69) is 0 Å². The van der Waals surface area contributed by atoms with E-state index in [4.69, 9.17) is 4.74 Å². The van der Waals surface area contributed by atoms with E-state index in [1.54, 1.807) is 6.08 Å². The molecule has 0 spiro atoms. The van der Waals surface area contributed by atoms with Gasteiger partial charge in [0.05, 0.1) is 11.8 Å². The molecule has 1 amide bonds. The molecule has 1 aromatic heterocycles. The fourth-order valence-corrected chi connectivity index (χ4v) is 4.64. The van der Waals surface area contributed by atoms with E-state index in [1.165, 1.54) is 28.4 Å². The van der Waals surface area contributed by atoms with Crippen molar-refractivity contribution in [1.82, 2.24) is 4.90 Å². The van der Waals surface area contributed by atoms with E-state index >= 15 is 0 Å². The zero-order valence-corrected chi connectivity index (χ0v) is 16.6. The smallest absolute Gasteiger partial charge is 0.331 e. The van der Waals surface area contributed by atoms with Gasteiger partial charge in [0, 0.05) is 22.9 Å². The summed E-state index contributed by atoms with van der Waals surface area (Å²) in [6.45, 7) is -0.225. The summed E-state index contributed by atoms with van der Waals surface area (Å²) in [6.07, 6.45) is 4.38. The summed E-state index contributed by atoms with van der Waals surface area (Å²) in [4.78, 5) is 26.9. The molecule has 0 unspecified atom stereocenters. The molecular formula is C20H19NO5S2. The fraction of sp³-hybridized carbons (Fsp3) is 0.200. The molecule has 0 saturated carbocycles. The molecule has 0 fully saturated rings. The molecule has 28 heavy (non-hydrogen) atoms. The van der Waals surface area contributed by atoms with Crippen molar-refractivity contribution in [2.75, 3.05) is 12.4 Å². The number of carbonyl (C=O) groups is 2. The molecule has 1 atom stereocenters. The summed E-state index contributed by atoms with van der Waals surface area (Å²) < 4.78 is 28.6. The Hall–Kier alpha value is -2.71. The molecule has 1 aromatic carbocycles. The van der Waals surface area contributed by atoms with Gasteiger partial charge in [0.2, 0.25) is 0 Å². The van der Waals surface area contributed by atoms with E-state index in [0.717, 1.165) is 15.8 Å². The van der Waals surface area contributed by atoms with Crippen LogP contribution in [-0.4, -0.2) is 43.6 Å². The van der Waals surface area contributed by atoms with E-state index in [9.17, 15) is 18.0 Å². The van der Waals surface area contributed by atoms with Gasteiger partial charge >= 0.3 is 5.97 Å². The maximum absolute atomic E-state index is 12.7. The van der Waals surface area contributed by atoms with Crippen LogP contribution in [0.2, 0.25) is 0 Å². The molecule has 0 N–H and O–H groups in total. The second kappa shape index (κ2) is 8.99. The van der Waals surface area contributed by atoms with Crippen molar-refractivity contribution >= 4 is 39.1 Å². The largest absolute Gasteiger partial charge is 0.452 e. The summed E-state index contributed by atoms with van der Waals surface area (Å²) in [5.41, 5.74) is 0.859. The number of sulfone groups is 1. The average molecular weight is 418 g/mol. The van der Waals surface area contributed by atoms with Crippen LogP contribution in [0.1, 0.15) is 10.4 Å². The lowest BCUT2D eigenvalue weighted by atomic mass is 10.2. The maximum Gasteiger partial charge on any atom is 0.331 e. The summed E-state index contributed by atoms with van der Waals surface area (Å²) in [6, 6.07) is 12.4. The van der Waals surface area contributed by atoms with Gasteiger partial charge in [-0.1, -0.05) is 36.4 Å². The highest BCUT2D eigenvalue weighted by atomic mass is 32.2. The second-order valence-corrected chi connectivity index (χ2v) is 9.10. The number of amides is 1. The first-order valence-electron chi connectivity index (χ1n) is 8.56. The normalized spacial score (nSPS) is 17.6. The van der Waals surface area contributed by atoms with Crippen LogP contribution in [0.15, 0.2) is 65.4 Å². The number of hydrogen-bond acceptors (Lipinski definition) is 6. The monoisotopic (exact) mass is 417 g/mol. The van der Waals surface area contributed by atoms with Crippen LogP contribution in [-0.2, 0) is 30.7 Å². The Balaban J connectivity index is 1.64. The number of ether oxygens (including phenoxy) is 1. The Morgan fingerprint density at radius 2 is 1.96 bits per heavy atom. The van der Waals surface area contributed by atoms with Crippen molar-refractivity contribution in [1.29, 1.82) is 0 Å². The van der Waals surface area contributed by atoms with Gasteiger partial charge in [-0.05, 0) is 29.2 Å². The molecular weight excluding hydrogens is 398 g/mol. The first kappa shape index (κ1) is 20.0. The molecule has 0 aliphatic carbocycles. The van der Waals surface area contributed by atoms with Gasteiger partial charge in [-0.25, -0.2) is 13.2 Å². The minimum absolute atomic E-state index is 0.169. The van der Waals surface area contributed by atoms with Gasteiger partial charge in [0.1, 0.15) is 0 Å². The molecule has 3 rings (SSSR count). The molecule has 2 heterocycles. The van der Waals surface area contributed by atoms with Crippen molar-refractivity contribution < 1.29 is 22.7 Å². The molecule has 0 bridgehead atoms. The number of carbonyl (C=O) groups excluding carboxylic acids is 2. The Bertz CT molecular complexity index is 979. The number of nitrogens with zero attached hydrogens (tertiary/aromatic N) is 1. The van der Waals surface area contributed by atoms with Crippen molar-refractivity contribution in [3.05, 3.63) is 75.8 Å². The lowest BCUT2D eigenvalue weighted by molar-refractivity contribution is -0.149.